The molecule has 0 saturated carbocycles. The van der Waals surface area contributed by atoms with Crippen molar-refractivity contribution in [1.29, 1.82) is 0 Å². The van der Waals surface area contributed by atoms with E-state index >= 15 is 0 Å². The number of nitrogens with one attached hydrogen (secondary N) is 1. The lowest BCUT2D eigenvalue weighted by atomic mass is 10.2. The first-order chi connectivity index (χ1) is 6.51. The van der Waals surface area contributed by atoms with Crippen molar-refractivity contribution in [3.05, 3.63) is 0 Å². The Balaban J connectivity index is 3.97. The van der Waals surface area contributed by atoms with Crippen molar-refractivity contribution < 1.29 is 9.59 Å². The zero-order valence-electron chi connectivity index (χ0n) is 9.04. The maximum Gasteiger partial charge on any atom is 0.317 e. The van der Waals surface area contributed by atoms with E-state index in [4.69, 9.17) is 5.73 Å². The molecule has 1 atom stereocenters. The lowest BCUT2D eigenvalue weighted by Crippen LogP contribution is -2.44. The average molecular weight is 201 g/mol. The van der Waals surface area contributed by atoms with E-state index in [2.05, 4.69) is 5.32 Å². The maximum atomic E-state index is 11.5. The number of hydrogen-bond acceptors (Lipinski definition) is 2. The second kappa shape index (κ2) is 6.23. The number of hydrogen-bond donors (Lipinski definition) is 2. The van der Waals surface area contributed by atoms with Gasteiger partial charge in [-0.05, 0) is 20.8 Å². The summed E-state index contributed by atoms with van der Waals surface area (Å²) in [5, 5.41) is 2.70. The monoisotopic (exact) mass is 201 g/mol. The minimum Gasteiger partial charge on any atom is -0.370 e. The molecule has 0 heterocycles. The van der Waals surface area contributed by atoms with Crippen LogP contribution in [0.2, 0.25) is 0 Å². The molecule has 82 valence electrons. The summed E-state index contributed by atoms with van der Waals surface area (Å²) in [4.78, 5) is 23.7. The van der Waals surface area contributed by atoms with Crippen LogP contribution in [0.3, 0.4) is 0 Å². The van der Waals surface area contributed by atoms with Gasteiger partial charge in [-0.15, -0.1) is 0 Å². The minimum atomic E-state index is -0.405. The number of amides is 3. The highest BCUT2D eigenvalue weighted by molar-refractivity contribution is 5.77. The summed E-state index contributed by atoms with van der Waals surface area (Å²) in [7, 11) is 0. The summed E-state index contributed by atoms with van der Waals surface area (Å²) in [6, 6.07) is -0.357. The Morgan fingerprint density at radius 1 is 1.36 bits per heavy atom. The van der Waals surface area contributed by atoms with Gasteiger partial charge in [0.1, 0.15) is 0 Å². The van der Waals surface area contributed by atoms with Gasteiger partial charge in [0.2, 0.25) is 5.91 Å². The molecule has 3 N–H and O–H groups in total. The molecule has 0 aliphatic heterocycles. The van der Waals surface area contributed by atoms with Crippen molar-refractivity contribution in [3.8, 4) is 0 Å². The zero-order valence-corrected chi connectivity index (χ0v) is 9.04. The lowest BCUT2D eigenvalue weighted by molar-refractivity contribution is -0.118. The first-order valence-corrected chi connectivity index (χ1v) is 4.85. The molecule has 0 rings (SSSR count). The molecule has 0 spiro atoms. The molecule has 0 saturated heterocycles. The number of carbonyl (C=O) groups is 2. The average Bonchev–Trinajstić information content (AvgIpc) is 2.04. The highest BCUT2D eigenvalue weighted by Crippen LogP contribution is 1.93. The summed E-state index contributed by atoms with van der Waals surface area (Å²) in [6.07, 6.45) is 0.174. The number of carbonyl (C=O) groups excluding carboxylic acids is 2. The first kappa shape index (κ1) is 12.7. The van der Waals surface area contributed by atoms with Crippen molar-refractivity contribution in [1.82, 2.24) is 10.2 Å². The highest BCUT2D eigenvalue weighted by Gasteiger charge is 2.13. The molecule has 0 aromatic rings. The third-order valence-electron chi connectivity index (χ3n) is 1.93. The van der Waals surface area contributed by atoms with Gasteiger partial charge in [-0.1, -0.05) is 0 Å². The van der Waals surface area contributed by atoms with Crippen LogP contribution in [-0.2, 0) is 4.79 Å². The van der Waals surface area contributed by atoms with Gasteiger partial charge in [-0.25, -0.2) is 4.79 Å². The summed E-state index contributed by atoms with van der Waals surface area (Å²) in [5.74, 6) is -0.405. The zero-order chi connectivity index (χ0) is 11.1. The molecule has 5 heteroatoms. The SMILES string of the molecule is CCN(CC)C(=O)NC(C)CC(N)=O. The van der Waals surface area contributed by atoms with Crippen LogP contribution in [-0.4, -0.2) is 36.0 Å². The van der Waals surface area contributed by atoms with Crippen molar-refractivity contribution >= 4 is 11.9 Å². The van der Waals surface area contributed by atoms with E-state index in [9.17, 15) is 9.59 Å². The normalized spacial score (nSPS) is 11.9. The molecule has 0 radical (unpaired) electrons. The van der Waals surface area contributed by atoms with Crippen LogP contribution in [0.4, 0.5) is 4.79 Å². The molecule has 14 heavy (non-hydrogen) atoms. The Hall–Kier alpha value is -1.26. The van der Waals surface area contributed by atoms with E-state index in [1.807, 2.05) is 13.8 Å². The van der Waals surface area contributed by atoms with Crippen LogP contribution >= 0.6 is 0 Å². The van der Waals surface area contributed by atoms with Crippen LogP contribution < -0.4 is 11.1 Å². The van der Waals surface area contributed by atoms with Gasteiger partial charge in [0.05, 0.1) is 0 Å². The number of nitrogens with zero attached hydrogens (tertiary/aromatic N) is 1. The topological polar surface area (TPSA) is 75.4 Å². The van der Waals surface area contributed by atoms with E-state index in [0.717, 1.165) is 0 Å². The quantitative estimate of drug-likeness (QED) is 0.671. The first-order valence-electron chi connectivity index (χ1n) is 4.85. The number of urea groups is 1. The Bertz CT molecular complexity index is 202. The van der Waals surface area contributed by atoms with Gasteiger partial charge in [0.25, 0.3) is 0 Å². The number of primary amides is 1. The fourth-order valence-corrected chi connectivity index (χ4v) is 1.17. The second-order valence-electron chi connectivity index (χ2n) is 3.19. The Labute approximate surface area is 84.6 Å². The predicted molar refractivity (Wildman–Crippen MR) is 54.7 cm³/mol. The summed E-state index contributed by atoms with van der Waals surface area (Å²) < 4.78 is 0. The maximum absolute atomic E-state index is 11.5. The molecule has 0 fully saturated rings. The fourth-order valence-electron chi connectivity index (χ4n) is 1.17. The minimum absolute atomic E-state index is 0.149. The molecule has 0 bridgehead atoms. The van der Waals surface area contributed by atoms with Gasteiger partial charge < -0.3 is 16.0 Å². The van der Waals surface area contributed by atoms with E-state index in [1.165, 1.54) is 0 Å². The van der Waals surface area contributed by atoms with Gasteiger partial charge in [0.15, 0.2) is 0 Å². The van der Waals surface area contributed by atoms with E-state index in [-0.39, 0.29) is 18.5 Å². The lowest BCUT2D eigenvalue weighted by Gasteiger charge is -2.21. The van der Waals surface area contributed by atoms with Crippen molar-refractivity contribution in [2.75, 3.05) is 13.1 Å². The molecular weight excluding hydrogens is 182 g/mol. The Kier molecular flexibility index (Phi) is 5.67. The predicted octanol–water partition coefficient (Wildman–Crippen LogP) is 0.302. The molecule has 3 amide bonds. The molecule has 5 nitrogen and oxygen atoms in total. The van der Waals surface area contributed by atoms with Crippen molar-refractivity contribution in [3.63, 3.8) is 0 Å². The third-order valence-corrected chi connectivity index (χ3v) is 1.93. The van der Waals surface area contributed by atoms with E-state index < -0.39 is 5.91 Å². The molecular formula is C9H19N3O2. The molecule has 0 aromatic carbocycles. The van der Waals surface area contributed by atoms with Crippen molar-refractivity contribution in [2.24, 2.45) is 5.73 Å². The summed E-state index contributed by atoms with van der Waals surface area (Å²) in [5.41, 5.74) is 5.01. The Morgan fingerprint density at radius 3 is 2.21 bits per heavy atom. The second-order valence-corrected chi connectivity index (χ2v) is 3.19. The largest absolute Gasteiger partial charge is 0.370 e. The summed E-state index contributed by atoms with van der Waals surface area (Å²) >= 11 is 0. The van der Waals surface area contributed by atoms with Crippen molar-refractivity contribution in [2.45, 2.75) is 33.2 Å². The van der Waals surface area contributed by atoms with Crippen LogP contribution in [0.1, 0.15) is 27.2 Å². The molecule has 0 aliphatic carbocycles. The van der Waals surface area contributed by atoms with Crippen LogP contribution in [0.25, 0.3) is 0 Å². The summed E-state index contributed by atoms with van der Waals surface area (Å²) in [6.45, 7) is 6.88. The van der Waals surface area contributed by atoms with E-state index in [0.29, 0.717) is 13.1 Å². The van der Waals surface area contributed by atoms with E-state index in [1.54, 1.807) is 11.8 Å². The van der Waals surface area contributed by atoms with Gasteiger partial charge in [-0.2, -0.15) is 0 Å². The highest BCUT2D eigenvalue weighted by atomic mass is 16.2. The Morgan fingerprint density at radius 2 is 1.86 bits per heavy atom. The van der Waals surface area contributed by atoms with Gasteiger partial charge >= 0.3 is 6.03 Å². The molecule has 0 aromatic heterocycles. The smallest absolute Gasteiger partial charge is 0.317 e. The standard InChI is InChI=1S/C9H19N3O2/c1-4-12(5-2)9(14)11-7(3)6-8(10)13/h7H,4-6H2,1-3H3,(H2,10,13)(H,11,14). The fraction of sp³-hybridized carbons (Fsp3) is 0.778. The van der Waals surface area contributed by atoms with Gasteiger partial charge in [0, 0.05) is 25.6 Å². The van der Waals surface area contributed by atoms with Gasteiger partial charge in [-0.3, -0.25) is 4.79 Å². The number of rotatable bonds is 5. The molecule has 1 unspecified atom stereocenters. The van der Waals surface area contributed by atoms with Crippen LogP contribution in [0.15, 0.2) is 0 Å². The molecule has 0 aliphatic rings. The third kappa shape index (κ3) is 4.69. The van der Waals surface area contributed by atoms with Crippen LogP contribution in [0.5, 0.6) is 0 Å². The number of nitrogens with two attached hydrogens (primary N) is 1. The van der Waals surface area contributed by atoms with Crippen LogP contribution in [0, 0.1) is 0 Å².